The van der Waals surface area contributed by atoms with Crippen LogP contribution in [0.5, 0.6) is 6.01 Å². The lowest BCUT2D eigenvalue weighted by Gasteiger charge is -2.08. The number of aromatic nitrogens is 11. The van der Waals surface area contributed by atoms with Crippen molar-refractivity contribution in [3.05, 3.63) is 88.3 Å². The zero-order chi connectivity index (χ0) is 40.5. The standard InChI is InChI=1S/C33H25N19O5/c1-15-23(43-45-27-17(12-34)13-38-49(27)18-7-5-4-6-8-18)25(35)51(47-15)31-40-32(42-33(57)41-31)52-26(36)24(16(2)48-52)44-46-28-22(37-3)14-39-50(28)19-9-10-20(29(53)54)21(11-19)30(55)56/h5,7-11,13-14H,4,6,35-36H2,1-2H3,(H,53,54)(H,55,56)(H,40,41,42,57). The van der Waals surface area contributed by atoms with E-state index in [1.807, 2.05) is 18.2 Å². The van der Waals surface area contributed by atoms with E-state index >= 15 is 0 Å². The molecule has 0 saturated heterocycles. The zero-order valence-electron chi connectivity index (χ0n) is 29.4. The molecule has 0 atom stereocenters. The Labute approximate surface area is 318 Å². The molecule has 282 valence electrons. The molecule has 0 aliphatic heterocycles. The number of hydrogen-bond donors (Lipinski definition) is 5. The number of carboxylic acid groups (broad SMARTS) is 2. The first kappa shape index (κ1) is 36.4. The molecular weight excluding hydrogens is 742 g/mol. The Morgan fingerprint density at radius 1 is 0.842 bits per heavy atom. The van der Waals surface area contributed by atoms with Crippen LogP contribution in [0.15, 0.2) is 69.3 Å². The van der Waals surface area contributed by atoms with Crippen LogP contribution < -0.4 is 11.5 Å². The summed E-state index contributed by atoms with van der Waals surface area (Å²) in [5.41, 5.74) is 13.4. The van der Waals surface area contributed by atoms with Gasteiger partial charge in [-0.05, 0) is 51.0 Å². The highest BCUT2D eigenvalue weighted by Crippen LogP contribution is 2.36. The number of aromatic carboxylic acids is 2. The fourth-order valence-corrected chi connectivity index (χ4v) is 5.54. The Kier molecular flexibility index (Phi) is 9.25. The molecule has 0 amide bonds. The number of carboxylic acids is 2. The van der Waals surface area contributed by atoms with E-state index in [0.29, 0.717) is 5.69 Å². The number of rotatable bonds is 10. The highest BCUT2D eigenvalue weighted by atomic mass is 16.4. The van der Waals surface area contributed by atoms with Crippen molar-refractivity contribution in [2.24, 2.45) is 20.5 Å². The number of nitrogens with zero attached hydrogens (tertiary/aromatic N) is 17. The Morgan fingerprint density at radius 2 is 1.46 bits per heavy atom. The number of nitriles is 1. The lowest BCUT2D eigenvalue weighted by atomic mass is 10.1. The Hall–Kier alpha value is -8.93. The van der Waals surface area contributed by atoms with E-state index < -0.39 is 29.1 Å². The number of nitrogen functional groups attached to an aromatic ring is 2. The zero-order valence-corrected chi connectivity index (χ0v) is 29.4. The topological polar surface area (TPSA) is 334 Å². The summed E-state index contributed by atoms with van der Waals surface area (Å²) in [6.07, 6.45) is 10.0. The molecule has 5 heterocycles. The van der Waals surface area contributed by atoms with Gasteiger partial charge in [-0.1, -0.05) is 12.2 Å². The third-order valence-electron chi connectivity index (χ3n) is 8.23. The number of aromatic hydroxyl groups is 1. The molecule has 0 fully saturated rings. The van der Waals surface area contributed by atoms with Crippen LogP contribution in [0.1, 0.15) is 50.5 Å². The van der Waals surface area contributed by atoms with Crippen molar-refractivity contribution in [3.8, 4) is 29.7 Å². The van der Waals surface area contributed by atoms with Crippen molar-refractivity contribution in [1.82, 2.24) is 54.1 Å². The summed E-state index contributed by atoms with van der Waals surface area (Å²) >= 11 is 0. The molecule has 1 aliphatic rings. The smallest absolute Gasteiger partial charge is 0.336 e. The molecule has 5 aromatic heterocycles. The fourth-order valence-electron chi connectivity index (χ4n) is 5.54. The SMILES string of the molecule is [C-]#[N+]c1cnn(-c2ccc(C(=O)O)c(C(=O)O)c2)c1N=Nc1c(C)nn(-c2nc(O)nc(-n3nc(C)c(N=Nc4c(C#N)cnn4C4=CCCC=C4)c3N)n2)c1N. The minimum Gasteiger partial charge on any atom is -0.479 e. The maximum Gasteiger partial charge on any atom is 0.336 e. The molecule has 57 heavy (non-hydrogen) atoms. The molecule has 6 aromatic rings. The van der Waals surface area contributed by atoms with Crippen molar-refractivity contribution in [1.29, 1.82) is 5.26 Å². The molecule has 0 bridgehead atoms. The van der Waals surface area contributed by atoms with E-state index in [1.54, 1.807) is 6.92 Å². The van der Waals surface area contributed by atoms with Gasteiger partial charge in [-0.3, -0.25) is 0 Å². The number of anilines is 2. The van der Waals surface area contributed by atoms with Gasteiger partial charge in [-0.15, -0.1) is 20.5 Å². The first-order chi connectivity index (χ1) is 27.4. The molecule has 1 aliphatic carbocycles. The number of hydrogen-bond acceptors (Lipinski definition) is 17. The van der Waals surface area contributed by atoms with Gasteiger partial charge in [0.15, 0.2) is 34.6 Å². The molecular formula is C33H25N19O5. The van der Waals surface area contributed by atoms with Crippen LogP contribution in [0.25, 0.3) is 28.1 Å². The number of allylic oxidation sites excluding steroid dienone is 4. The summed E-state index contributed by atoms with van der Waals surface area (Å²) in [5.74, 6) is -3.66. The second-order valence-corrected chi connectivity index (χ2v) is 11.8. The summed E-state index contributed by atoms with van der Waals surface area (Å²) < 4.78 is 4.72. The largest absolute Gasteiger partial charge is 0.479 e. The minimum atomic E-state index is -1.49. The van der Waals surface area contributed by atoms with E-state index in [0.717, 1.165) is 44.7 Å². The van der Waals surface area contributed by atoms with Gasteiger partial charge in [0.25, 0.3) is 17.6 Å². The normalized spacial score (nSPS) is 12.6. The summed E-state index contributed by atoms with van der Waals surface area (Å²) in [4.78, 5) is 39.0. The lowest BCUT2D eigenvalue weighted by molar-refractivity contribution is 0.0651. The fraction of sp³-hybridized carbons (Fsp3) is 0.121. The lowest BCUT2D eigenvalue weighted by Crippen LogP contribution is -2.13. The molecule has 0 unspecified atom stereocenters. The Morgan fingerprint density at radius 3 is 2.02 bits per heavy atom. The molecule has 24 heteroatoms. The van der Waals surface area contributed by atoms with Crippen molar-refractivity contribution in [2.45, 2.75) is 26.7 Å². The third kappa shape index (κ3) is 6.63. The highest BCUT2D eigenvalue weighted by Gasteiger charge is 2.24. The van der Waals surface area contributed by atoms with Crippen molar-refractivity contribution in [2.75, 3.05) is 11.5 Å². The number of carbonyl (C=O) groups is 2. The molecule has 0 radical (unpaired) electrons. The molecule has 24 nitrogen and oxygen atoms in total. The van der Waals surface area contributed by atoms with Gasteiger partial charge in [0.1, 0.15) is 11.6 Å². The molecule has 0 spiro atoms. The van der Waals surface area contributed by atoms with Gasteiger partial charge in [-0.25, -0.2) is 23.8 Å². The molecule has 7 N–H and O–H groups in total. The van der Waals surface area contributed by atoms with Gasteiger partial charge >= 0.3 is 17.9 Å². The summed E-state index contributed by atoms with van der Waals surface area (Å²) in [6, 6.07) is 4.76. The van der Waals surface area contributed by atoms with E-state index in [2.05, 4.69) is 66.7 Å². The minimum absolute atomic E-state index is 0.000174. The Balaban J connectivity index is 1.22. The van der Waals surface area contributed by atoms with Crippen LogP contribution in [0.4, 0.5) is 40.3 Å². The van der Waals surface area contributed by atoms with Gasteiger partial charge in [0, 0.05) is 0 Å². The monoisotopic (exact) mass is 767 g/mol. The van der Waals surface area contributed by atoms with E-state index in [-0.39, 0.29) is 69.2 Å². The van der Waals surface area contributed by atoms with Crippen LogP contribution in [0.3, 0.4) is 0 Å². The van der Waals surface area contributed by atoms with Crippen molar-refractivity contribution >= 4 is 58.0 Å². The van der Waals surface area contributed by atoms with Crippen LogP contribution in [-0.2, 0) is 0 Å². The van der Waals surface area contributed by atoms with E-state index in [9.17, 15) is 30.2 Å². The quantitative estimate of drug-likeness (QED) is 0.0909. The number of aryl methyl sites for hydroxylation is 2. The molecule has 0 saturated carbocycles. The first-order valence-electron chi connectivity index (χ1n) is 16.3. The highest BCUT2D eigenvalue weighted by molar-refractivity contribution is 6.02. The van der Waals surface area contributed by atoms with Crippen molar-refractivity contribution in [3.63, 3.8) is 0 Å². The van der Waals surface area contributed by atoms with Gasteiger partial charge in [0.05, 0.1) is 52.9 Å². The van der Waals surface area contributed by atoms with Crippen LogP contribution >= 0.6 is 0 Å². The van der Waals surface area contributed by atoms with E-state index in [1.165, 1.54) is 30.1 Å². The predicted molar refractivity (Wildman–Crippen MR) is 196 cm³/mol. The first-order valence-corrected chi connectivity index (χ1v) is 16.3. The van der Waals surface area contributed by atoms with Crippen LogP contribution in [0, 0.1) is 31.8 Å². The average Bonchev–Trinajstić information content (AvgIpc) is 3.95. The summed E-state index contributed by atoms with van der Waals surface area (Å²) in [6.45, 7) is 10.7. The number of nitrogens with two attached hydrogens (primary N) is 2. The average molecular weight is 768 g/mol. The molecule has 7 rings (SSSR count). The van der Waals surface area contributed by atoms with Crippen molar-refractivity contribution < 1.29 is 24.9 Å². The third-order valence-corrected chi connectivity index (χ3v) is 8.23. The summed E-state index contributed by atoms with van der Waals surface area (Å²) in [7, 11) is 0. The Bertz CT molecular complexity index is 2860. The maximum absolute atomic E-state index is 11.8. The van der Waals surface area contributed by atoms with E-state index in [4.69, 9.17) is 18.0 Å². The van der Waals surface area contributed by atoms with Gasteiger partial charge in [0.2, 0.25) is 0 Å². The number of benzene rings is 1. The summed E-state index contributed by atoms with van der Waals surface area (Å²) in [5, 5.41) is 73.2. The molecule has 1 aromatic carbocycles. The van der Waals surface area contributed by atoms with Gasteiger partial charge < -0.3 is 26.8 Å². The predicted octanol–water partition coefficient (Wildman–Crippen LogP) is 4.95. The van der Waals surface area contributed by atoms with Crippen LogP contribution in [-0.4, -0.2) is 81.3 Å². The number of azo groups is 2. The van der Waals surface area contributed by atoms with Gasteiger partial charge in [-0.2, -0.15) is 50.0 Å². The second-order valence-electron chi connectivity index (χ2n) is 11.8. The van der Waals surface area contributed by atoms with Crippen LogP contribution in [0.2, 0.25) is 0 Å². The second kappa shape index (κ2) is 14.5. The maximum atomic E-state index is 11.8.